The molecule has 206 valence electrons. The number of benzene rings is 2. The summed E-state index contributed by atoms with van der Waals surface area (Å²) in [6, 6.07) is 9.59. The Morgan fingerprint density at radius 2 is 1.90 bits per heavy atom. The average molecular weight is 572 g/mol. The summed E-state index contributed by atoms with van der Waals surface area (Å²) in [4.78, 5) is 11.1. The van der Waals surface area contributed by atoms with Crippen LogP contribution in [0.4, 0.5) is 10.2 Å². The summed E-state index contributed by atoms with van der Waals surface area (Å²) in [7, 11) is -2.45. The van der Waals surface area contributed by atoms with Gasteiger partial charge >= 0.3 is 0 Å². The SMILES string of the molecule is COc1ccc(S(=O)(=O)Cc2cccc(-c3cn(C4CCN(C(C)C)CC4)c4ncnc(N)c34)c2F)cc1Cl. The van der Waals surface area contributed by atoms with Gasteiger partial charge in [0, 0.05) is 48.1 Å². The van der Waals surface area contributed by atoms with Crippen LogP contribution in [0.5, 0.6) is 5.75 Å². The summed E-state index contributed by atoms with van der Waals surface area (Å²) in [6.45, 7) is 6.29. The van der Waals surface area contributed by atoms with Gasteiger partial charge < -0.3 is 19.9 Å². The van der Waals surface area contributed by atoms with Crippen LogP contribution in [0.1, 0.15) is 38.3 Å². The van der Waals surface area contributed by atoms with E-state index in [1.165, 1.54) is 37.7 Å². The predicted molar refractivity (Wildman–Crippen MR) is 151 cm³/mol. The minimum absolute atomic E-state index is 0.0138. The van der Waals surface area contributed by atoms with E-state index < -0.39 is 21.4 Å². The fraction of sp³-hybridized carbons (Fsp3) is 0.357. The quantitative estimate of drug-likeness (QED) is 0.312. The van der Waals surface area contributed by atoms with E-state index in [-0.39, 0.29) is 32.9 Å². The van der Waals surface area contributed by atoms with Gasteiger partial charge in [-0.05, 0) is 44.9 Å². The van der Waals surface area contributed by atoms with E-state index in [0.717, 1.165) is 25.9 Å². The van der Waals surface area contributed by atoms with E-state index in [1.54, 1.807) is 12.1 Å². The number of hydrogen-bond donors (Lipinski definition) is 1. The summed E-state index contributed by atoms with van der Waals surface area (Å²) >= 11 is 6.14. The van der Waals surface area contributed by atoms with Crippen LogP contribution in [0.25, 0.3) is 22.2 Å². The van der Waals surface area contributed by atoms with E-state index in [0.29, 0.717) is 28.4 Å². The van der Waals surface area contributed by atoms with Crippen LogP contribution in [0.2, 0.25) is 5.02 Å². The molecule has 11 heteroatoms. The zero-order valence-electron chi connectivity index (χ0n) is 22.1. The molecule has 0 radical (unpaired) electrons. The number of piperidine rings is 1. The molecule has 1 fully saturated rings. The molecule has 1 aliphatic rings. The number of ether oxygens (including phenoxy) is 1. The van der Waals surface area contributed by atoms with E-state index in [4.69, 9.17) is 22.1 Å². The highest BCUT2D eigenvalue weighted by Gasteiger charge is 2.27. The van der Waals surface area contributed by atoms with E-state index in [1.807, 2.05) is 6.20 Å². The lowest BCUT2D eigenvalue weighted by molar-refractivity contribution is 0.153. The maximum atomic E-state index is 16.0. The summed E-state index contributed by atoms with van der Waals surface area (Å²) in [5.74, 6) is -0.556. The lowest BCUT2D eigenvalue weighted by atomic mass is 10.0. The Morgan fingerprint density at radius 1 is 1.15 bits per heavy atom. The number of methoxy groups -OCH3 is 1. The second kappa shape index (κ2) is 10.7. The van der Waals surface area contributed by atoms with E-state index in [2.05, 4.69) is 33.3 Å². The molecule has 0 saturated carbocycles. The summed E-state index contributed by atoms with van der Waals surface area (Å²) in [5.41, 5.74) is 7.77. The minimum atomic E-state index is -3.90. The molecule has 0 aliphatic carbocycles. The lowest BCUT2D eigenvalue weighted by Gasteiger charge is -2.35. The molecular formula is C28H31ClFN5O3S. The van der Waals surface area contributed by atoms with Crippen molar-refractivity contribution in [3.8, 4) is 16.9 Å². The molecule has 2 aromatic heterocycles. The molecule has 1 saturated heterocycles. The summed E-state index contributed by atoms with van der Waals surface area (Å²) < 4.78 is 49.6. The molecule has 0 spiro atoms. The number of nitrogens with two attached hydrogens (primary N) is 1. The second-order valence-corrected chi connectivity index (χ2v) is 12.5. The lowest BCUT2D eigenvalue weighted by Crippen LogP contribution is -2.38. The molecule has 1 aliphatic heterocycles. The highest BCUT2D eigenvalue weighted by atomic mass is 35.5. The molecular weight excluding hydrogens is 541 g/mol. The van der Waals surface area contributed by atoms with Crippen molar-refractivity contribution < 1.29 is 17.5 Å². The number of rotatable bonds is 7. The molecule has 0 atom stereocenters. The topological polar surface area (TPSA) is 103 Å². The van der Waals surface area contributed by atoms with Gasteiger partial charge in [-0.2, -0.15) is 0 Å². The van der Waals surface area contributed by atoms with Crippen LogP contribution in [0.15, 0.2) is 53.8 Å². The Morgan fingerprint density at radius 3 is 2.56 bits per heavy atom. The van der Waals surface area contributed by atoms with Crippen molar-refractivity contribution in [3.63, 3.8) is 0 Å². The van der Waals surface area contributed by atoms with Crippen molar-refractivity contribution in [3.05, 3.63) is 65.3 Å². The minimum Gasteiger partial charge on any atom is -0.495 e. The molecule has 0 unspecified atom stereocenters. The van der Waals surface area contributed by atoms with Gasteiger partial charge in [0.25, 0.3) is 0 Å². The first-order valence-corrected chi connectivity index (χ1v) is 14.8. The molecule has 5 rings (SSSR count). The summed E-state index contributed by atoms with van der Waals surface area (Å²) in [6.07, 6.45) is 5.15. The van der Waals surface area contributed by atoms with E-state index >= 15 is 4.39 Å². The van der Waals surface area contributed by atoms with Crippen LogP contribution in [0, 0.1) is 5.82 Å². The second-order valence-electron chi connectivity index (χ2n) is 10.1. The molecule has 4 aromatic rings. The molecule has 39 heavy (non-hydrogen) atoms. The van der Waals surface area contributed by atoms with Crippen molar-refractivity contribution >= 4 is 38.3 Å². The maximum Gasteiger partial charge on any atom is 0.182 e. The van der Waals surface area contributed by atoms with Crippen molar-refractivity contribution in [1.29, 1.82) is 0 Å². The third kappa shape index (κ3) is 5.20. The van der Waals surface area contributed by atoms with Crippen LogP contribution >= 0.6 is 11.6 Å². The molecule has 8 nitrogen and oxygen atoms in total. The number of hydrogen-bond acceptors (Lipinski definition) is 7. The number of nitrogens with zero attached hydrogens (tertiary/aromatic N) is 4. The highest BCUT2D eigenvalue weighted by Crippen LogP contribution is 2.39. The number of halogens is 2. The van der Waals surface area contributed by atoms with Crippen molar-refractivity contribution in [1.82, 2.24) is 19.4 Å². The van der Waals surface area contributed by atoms with Crippen LogP contribution in [0.3, 0.4) is 0 Å². The zero-order valence-corrected chi connectivity index (χ0v) is 23.6. The molecule has 3 heterocycles. The Bertz CT molecular complexity index is 1630. The zero-order chi connectivity index (χ0) is 27.9. The van der Waals surface area contributed by atoms with Crippen LogP contribution in [-0.2, 0) is 15.6 Å². The molecule has 2 aromatic carbocycles. The predicted octanol–water partition coefficient (Wildman–Crippen LogP) is 5.50. The monoisotopic (exact) mass is 571 g/mol. The number of anilines is 1. The third-order valence-corrected chi connectivity index (χ3v) is 9.42. The standard InChI is InChI=1S/C28H31ClFN5O3S/c1-17(2)34-11-9-19(10-12-34)35-14-22(25-27(31)32-16-33-28(25)35)21-6-4-5-18(26(21)30)15-39(36,37)20-7-8-24(38-3)23(29)13-20/h4-8,13-14,16-17,19H,9-12,15H2,1-3H3,(H2,31,32,33). The average Bonchev–Trinajstić information content (AvgIpc) is 3.30. The van der Waals surface area contributed by atoms with Crippen molar-refractivity contribution in [2.75, 3.05) is 25.9 Å². The summed E-state index contributed by atoms with van der Waals surface area (Å²) in [5, 5.41) is 0.722. The first-order chi connectivity index (χ1) is 18.6. The normalized spacial score (nSPS) is 15.3. The first-order valence-electron chi connectivity index (χ1n) is 12.8. The molecule has 0 bridgehead atoms. The largest absolute Gasteiger partial charge is 0.495 e. The fourth-order valence-corrected chi connectivity index (χ4v) is 6.99. The van der Waals surface area contributed by atoms with Crippen LogP contribution in [-0.4, -0.2) is 54.1 Å². The van der Waals surface area contributed by atoms with E-state index in [9.17, 15) is 8.42 Å². The van der Waals surface area contributed by atoms with Gasteiger partial charge in [-0.3, -0.25) is 0 Å². The van der Waals surface area contributed by atoms with Gasteiger partial charge in [-0.25, -0.2) is 22.8 Å². The van der Waals surface area contributed by atoms with Crippen molar-refractivity contribution in [2.45, 2.75) is 49.4 Å². The number of fused-ring (bicyclic) bond motifs is 1. The Balaban J connectivity index is 1.53. The van der Waals surface area contributed by atoms with Gasteiger partial charge in [-0.15, -0.1) is 0 Å². The Labute approximate surface area is 232 Å². The smallest absolute Gasteiger partial charge is 0.182 e. The molecule has 0 amide bonds. The van der Waals surface area contributed by atoms with Crippen LogP contribution < -0.4 is 10.5 Å². The maximum absolute atomic E-state index is 16.0. The highest BCUT2D eigenvalue weighted by molar-refractivity contribution is 7.90. The first kappa shape index (κ1) is 27.4. The Hall–Kier alpha value is -3.21. The molecule has 2 N–H and O–H groups in total. The van der Waals surface area contributed by atoms with Gasteiger partial charge in [0.1, 0.15) is 29.4 Å². The fourth-order valence-electron chi connectivity index (χ4n) is 5.30. The Kier molecular flexibility index (Phi) is 7.54. The number of sulfone groups is 1. The number of aromatic nitrogens is 3. The van der Waals surface area contributed by atoms with Gasteiger partial charge in [0.2, 0.25) is 0 Å². The third-order valence-electron chi connectivity index (χ3n) is 7.46. The van der Waals surface area contributed by atoms with Gasteiger partial charge in [0.05, 0.1) is 28.2 Å². The number of nitrogen functional groups attached to an aromatic ring is 1. The van der Waals surface area contributed by atoms with Crippen molar-refractivity contribution in [2.24, 2.45) is 0 Å². The van der Waals surface area contributed by atoms with Gasteiger partial charge in [-0.1, -0.05) is 29.8 Å². The number of likely N-dealkylation sites (tertiary alicyclic amines) is 1. The van der Waals surface area contributed by atoms with Gasteiger partial charge in [0.15, 0.2) is 9.84 Å².